The van der Waals surface area contributed by atoms with Crippen LogP contribution in [0.15, 0.2) is 48.5 Å². The van der Waals surface area contributed by atoms with Gasteiger partial charge in [0.05, 0.1) is 6.54 Å². The van der Waals surface area contributed by atoms with Crippen LogP contribution in [-0.4, -0.2) is 54.8 Å². The first-order valence-corrected chi connectivity index (χ1v) is 9.98. The van der Waals surface area contributed by atoms with E-state index in [0.29, 0.717) is 36.5 Å². The zero-order valence-corrected chi connectivity index (χ0v) is 17.2. The maximum Gasteiger partial charge on any atom is 0.414 e. The second-order valence-corrected chi connectivity index (χ2v) is 7.18. The molecular formula is C22H26N4O5. The summed E-state index contributed by atoms with van der Waals surface area (Å²) < 4.78 is 11.1. The Labute approximate surface area is 180 Å². The SMILES string of the molecule is CCNC(Cc1ccc(OCC2CN(c3ccc(C(=N)N)cc3)C(=O)O2)cc1)C(=O)O. The van der Waals surface area contributed by atoms with Crippen LogP contribution in [0.4, 0.5) is 10.5 Å². The Morgan fingerprint density at radius 3 is 2.55 bits per heavy atom. The van der Waals surface area contributed by atoms with Crippen molar-refractivity contribution in [1.82, 2.24) is 5.32 Å². The van der Waals surface area contributed by atoms with Crippen molar-refractivity contribution in [2.45, 2.75) is 25.5 Å². The van der Waals surface area contributed by atoms with Crippen LogP contribution in [0.3, 0.4) is 0 Å². The van der Waals surface area contributed by atoms with E-state index in [9.17, 15) is 14.7 Å². The number of ether oxygens (including phenoxy) is 2. The molecule has 1 fully saturated rings. The lowest BCUT2D eigenvalue weighted by Crippen LogP contribution is -2.38. The molecule has 1 amide bonds. The molecule has 1 aliphatic rings. The largest absolute Gasteiger partial charge is 0.490 e. The highest BCUT2D eigenvalue weighted by molar-refractivity contribution is 5.96. The lowest BCUT2D eigenvalue weighted by Gasteiger charge is -2.14. The van der Waals surface area contributed by atoms with Crippen LogP contribution in [0, 0.1) is 5.41 Å². The average molecular weight is 426 g/mol. The van der Waals surface area contributed by atoms with E-state index < -0.39 is 24.2 Å². The van der Waals surface area contributed by atoms with Crippen LogP contribution in [0.5, 0.6) is 5.75 Å². The van der Waals surface area contributed by atoms with Crippen molar-refractivity contribution in [1.29, 1.82) is 5.41 Å². The van der Waals surface area contributed by atoms with E-state index >= 15 is 0 Å². The fourth-order valence-electron chi connectivity index (χ4n) is 3.28. The van der Waals surface area contributed by atoms with Crippen molar-refractivity contribution in [2.75, 3.05) is 24.6 Å². The minimum Gasteiger partial charge on any atom is -0.490 e. The molecule has 5 N–H and O–H groups in total. The van der Waals surface area contributed by atoms with E-state index in [1.165, 1.54) is 4.90 Å². The van der Waals surface area contributed by atoms with Gasteiger partial charge in [-0.05, 0) is 54.9 Å². The number of benzene rings is 2. The molecule has 1 saturated heterocycles. The Morgan fingerprint density at radius 2 is 1.97 bits per heavy atom. The zero-order valence-electron chi connectivity index (χ0n) is 17.2. The molecule has 0 spiro atoms. The van der Waals surface area contributed by atoms with Crippen molar-refractivity contribution in [3.8, 4) is 5.75 Å². The van der Waals surface area contributed by atoms with Crippen molar-refractivity contribution < 1.29 is 24.2 Å². The summed E-state index contributed by atoms with van der Waals surface area (Å²) in [7, 11) is 0. The highest BCUT2D eigenvalue weighted by Crippen LogP contribution is 2.23. The summed E-state index contributed by atoms with van der Waals surface area (Å²) in [5.74, 6) is -0.307. The molecule has 1 aliphatic heterocycles. The summed E-state index contributed by atoms with van der Waals surface area (Å²) >= 11 is 0. The molecule has 0 saturated carbocycles. The van der Waals surface area contributed by atoms with Crippen LogP contribution in [-0.2, 0) is 16.0 Å². The van der Waals surface area contributed by atoms with Gasteiger partial charge >= 0.3 is 12.1 Å². The molecule has 9 nitrogen and oxygen atoms in total. The molecule has 3 rings (SSSR count). The topological polar surface area (TPSA) is 138 Å². The fraction of sp³-hybridized carbons (Fsp3) is 0.318. The van der Waals surface area contributed by atoms with Crippen molar-refractivity contribution in [3.05, 3.63) is 59.7 Å². The van der Waals surface area contributed by atoms with Crippen LogP contribution in [0.1, 0.15) is 18.1 Å². The monoisotopic (exact) mass is 426 g/mol. The number of likely N-dealkylation sites (N-methyl/N-ethyl adjacent to an activating group) is 1. The predicted molar refractivity (Wildman–Crippen MR) is 116 cm³/mol. The van der Waals surface area contributed by atoms with Crippen molar-refractivity contribution in [2.24, 2.45) is 5.73 Å². The molecule has 0 radical (unpaired) electrons. The van der Waals surface area contributed by atoms with Crippen LogP contribution < -0.4 is 20.7 Å². The van der Waals surface area contributed by atoms with Crippen molar-refractivity contribution in [3.63, 3.8) is 0 Å². The number of nitrogen functional groups attached to an aromatic ring is 1. The number of aliphatic carboxylic acids is 1. The first-order valence-electron chi connectivity index (χ1n) is 9.98. The van der Waals surface area contributed by atoms with E-state index in [1.54, 1.807) is 36.4 Å². The Balaban J connectivity index is 1.53. The molecule has 31 heavy (non-hydrogen) atoms. The number of amidine groups is 1. The fourth-order valence-corrected chi connectivity index (χ4v) is 3.28. The lowest BCUT2D eigenvalue weighted by molar-refractivity contribution is -0.139. The third-order valence-electron chi connectivity index (χ3n) is 4.91. The third kappa shape index (κ3) is 5.73. The number of carboxylic acids is 1. The Morgan fingerprint density at radius 1 is 1.29 bits per heavy atom. The van der Waals surface area contributed by atoms with Gasteiger partial charge in [-0.3, -0.25) is 15.1 Å². The van der Waals surface area contributed by atoms with Gasteiger partial charge in [0, 0.05) is 11.3 Å². The smallest absolute Gasteiger partial charge is 0.414 e. The summed E-state index contributed by atoms with van der Waals surface area (Å²) in [4.78, 5) is 25.0. The van der Waals surface area contributed by atoms with Crippen LogP contribution in [0.25, 0.3) is 0 Å². The van der Waals surface area contributed by atoms with Gasteiger partial charge in [-0.15, -0.1) is 0 Å². The number of rotatable bonds is 10. The third-order valence-corrected chi connectivity index (χ3v) is 4.91. The standard InChI is InChI=1S/C22H26N4O5/c1-2-25-19(21(27)28)11-14-3-9-17(10-4-14)30-13-18-12-26(22(29)31-18)16-7-5-15(6-8-16)20(23)24/h3-10,18-19,25H,2,11-13H2,1H3,(H3,23,24)(H,27,28). The lowest BCUT2D eigenvalue weighted by atomic mass is 10.1. The second kappa shape index (κ2) is 9.94. The number of carboxylic acid groups (broad SMARTS) is 1. The molecule has 2 unspecified atom stereocenters. The number of amides is 1. The predicted octanol–water partition coefficient (Wildman–Crippen LogP) is 1.98. The van der Waals surface area contributed by atoms with Gasteiger partial charge in [0.2, 0.25) is 0 Å². The number of cyclic esters (lactones) is 1. The van der Waals surface area contributed by atoms with Gasteiger partial charge in [-0.2, -0.15) is 0 Å². The molecule has 1 heterocycles. The van der Waals surface area contributed by atoms with E-state index in [1.807, 2.05) is 19.1 Å². The van der Waals surface area contributed by atoms with Crippen LogP contribution >= 0.6 is 0 Å². The molecule has 2 aromatic carbocycles. The normalized spacial score (nSPS) is 16.6. The van der Waals surface area contributed by atoms with Gasteiger partial charge < -0.3 is 25.6 Å². The van der Waals surface area contributed by atoms with Gasteiger partial charge in [0.1, 0.15) is 24.2 Å². The van der Waals surface area contributed by atoms with Gasteiger partial charge in [0.15, 0.2) is 6.10 Å². The number of anilines is 1. The van der Waals surface area contributed by atoms with E-state index in [-0.39, 0.29) is 12.4 Å². The quantitative estimate of drug-likeness (QED) is 0.337. The number of nitrogens with zero attached hydrogens (tertiary/aromatic N) is 1. The van der Waals surface area contributed by atoms with Crippen LogP contribution in [0.2, 0.25) is 0 Å². The summed E-state index contributed by atoms with van der Waals surface area (Å²) in [6, 6.07) is 13.4. The average Bonchev–Trinajstić information content (AvgIpc) is 3.13. The molecule has 2 atom stereocenters. The molecule has 9 heteroatoms. The Hall–Kier alpha value is -3.59. The van der Waals surface area contributed by atoms with E-state index in [0.717, 1.165) is 5.56 Å². The Kier molecular flexibility index (Phi) is 7.09. The Bertz CT molecular complexity index is 930. The summed E-state index contributed by atoms with van der Waals surface area (Å²) in [6.07, 6.45) is -0.506. The minimum atomic E-state index is -0.884. The molecule has 2 aromatic rings. The number of nitrogens with one attached hydrogen (secondary N) is 2. The van der Waals surface area contributed by atoms with E-state index in [2.05, 4.69) is 5.32 Å². The van der Waals surface area contributed by atoms with Crippen molar-refractivity contribution >= 4 is 23.6 Å². The first kappa shape index (κ1) is 22.1. The van der Waals surface area contributed by atoms with Gasteiger partial charge in [-0.25, -0.2) is 4.79 Å². The summed E-state index contributed by atoms with van der Waals surface area (Å²) in [6.45, 7) is 2.99. The maximum atomic E-state index is 12.2. The minimum absolute atomic E-state index is 0.0343. The second-order valence-electron chi connectivity index (χ2n) is 7.18. The zero-order chi connectivity index (χ0) is 22.4. The first-order chi connectivity index (χ1) is 14.9. The summed E-state index contributed by atoms with van der Waals surface area (Å²) in [5.41, 5.74) is 7.58. The number of carbonyl (C=O) groups is 2. The highest BCUT2D eigenvalue weighted by atomic mass is 16.6. The molecule has 0 bridgehead atoms. The molecule has 0 aliphatic carbocycles. The molecule has 0 aromatic heterocycles. The molecular weight excluding hydrogens is 400 g/mol. The maximum absolute atomic E-state index is 12.2. The van der Waals surface area contributed by atoms with Gasteiger partial charge in [-0.1, -0.05) is 19.1 Å². The molecule has 164 valence electrons. The highest BCUT2D eigenvalue weighted by Gasteiger charge is 2.32. The van der Waals surface area contributed by atoms with Gasteiger partial charge in [0.25, 0.3) is 0 Å². The number of nitrogens with two attached hydrogens (primary N) is 1. The number of carbonyl (C=O) groups excluding carboxylic acids is 1. The summed E-state index contributed by atoms with van der Waals surface area (Å²) in [5, 5.41) is 19.6. The number of hydrogen-bond donors (Lipinski definition) is 4. The van der Waals surface area contributed by atoms with E-state index in [4.69, 9.17) is 20.6 Å². The number of hydrogen-bond acceptors (Lipinski definition) is 6.